The van der Waals surface area contributed by atoms with Gasteiger partial charge in [0.05, 0.1) is 12.4 Å². The Labute approximate surface area is 107 Å². The lowest BCUT2D eigenvalue weighted by Crippen LogP contribution is -2.34. The fourth-order valence-electron chi connectivity index (χ4n) is 1.46. The van der Waals surface area contributed by atoms with Crippen LogP contribution in [0.25, 0.3) is 0 Å². The Balaban J connectivity index is 2.08. The molecular weight excluding hydrogens is 252 g/mol. The van der Waals surface area contributed by atoms with Crippen LogP contribution < -0.4 is 10.0 Å². The minimum absolute atomic E-state index is 0.109. The first-order valence-corrected chi connectivity index (χ1v) is 7.53. The SMILES string of the molecule is CCCNc1ncc(S(=O)(=O)NC2(C)CC2)cn1. The summed E-state index contributed by atoms with van der Waals surface area (Å²) in [7, 11) is -3.50. The van der Waals surface area contributed by atoms with Crippen molar-refractivity contribution in [2.45, 2.75) is 43.5 Å². The Kier molecular flexibility index (Phi) is 3.54. The molecular formula is C11H18N4O2S. The fraction of sp³-hybridized carbons (Fsp3) is 0.636. The van der Waals surface area contributed by atoms with E-state index in [1.165, 1.54) is 12.4 Å². The smallest absolute Gasteiger partial charge is 0.244 e. The first-order chi connectivity index (χ1) is 8.45. The number of sulfonamides is 1. The molecule has 100 valence electrons. The molecule has 18 heavy (non-hydrogen) atoms. The van der Waals surface area contributed by atoms with Gasteiger partial charge in [0.15, 0.2) is 0 Å². The summed E-state index contributed by atoms with van der Waals surface area (Å²) in [6.07, 6.45) is 5.38. The van der Waals surface area contributed by atoms with Crippen molar-refractivity contribution in [1.82, 2.24) is 14.7 Å². The molecule has 0 aliphatic heterocycles. The maximum Gasteiger partial charge on any atom is 0.244 e. The van der Waals surface area contributed by atoms with Crippen LogP contribution in [0.3, 0.4) is 0 Å². The van der Waals surface area contributed by atoms with Gasteiger partial charge in [-0.15, -0.1) is 0 Å². The molecule has 1 aromatic heterocycles. The van der Waals surface area contributed by atoms with Gasteiger partial charge in [0.25, 0.3) is 0 Å². The first kappa shape index (κ1) is 13.2. The van der Waals surface area contributed by atoms with Crippen molar-refractivity contribution in [2.75, 3.05) is 11.9 Å². The minimum Gasteiger partial charge on any atom is -0.354 e. The van der Waals surface area contributed by atoms with E-state index in [9.17, 15) is 8.42 Å². The van der Waals surface area contributed by atoms with Crippen LogP contribution in [0.15, 0.2) is 17.3 Å². The molecule has 1 saturated carbocycles. The molecule has 0 amide bonds. The highest BCUT2D eigenvalue weighted by Crippen LogP contribution is 2.35. The summed E-state index contributed by atoms with van der Waals surface area (Å²) in [6, 6.07) is 0. The van der Waals surface area contributed by atoms with E-state index in [1.807, 2.05) is 13.8 Å². The normalized spacial score (nSPS) is 17.4. The molecule has 2 rings (SSSR count). The number of nitrogens with zero attached hydrogens (tertiary/aromatic N) is 2. The van der Waals surface area contributed by atoms with Crippen LogP contribution in [0.2, 0.25) is 0 Å². The average molecular weight is 270 g/mol. The van der Waals surface area contributed by atoms with Crippen molar-refractivity contribution in [3.8, 4) is 0 Å². The Bertz CT molecular complexity index is 508. The summed E-state index contributed by atoms with van der Waals surface area (Å²) in [6.45, 7) is 4.69. The second kappa shape index (κ2) is 4.81. The molecule has 0 bridgehead atoms. The number of nitrogens with one attached hydrogen (secondary N) is 2. The molecule has 6 nitrogen and oxygen atoms in total. The summed E-state index contributed by atoms with van der Waals surface area (Å²) in [5.74, 6) is 0.452. The average Bonchev–Trinajstić information content (AvgIpc) is 3.03. The number of aromatic nitrogens is 2. The largest absolute Gasteiger partial charge is 0.354 e. The molecule has 2 N–H and O–H groups in total. The minimum atomic E-state index is -3.50. The highest BCUT2D eigenvalue weighted by Gasteiger charge is 2.41. The van der Waals surface area contributed by atoms with Gasteiger partial charge in [-0.25, -0.2) is 23.1 Å². The van der Waals surface area contributed by atoms with Gasteiger partial charge < -0.3 is 5.32 Å². The second-order valence-corrected chi connectivity index (χ2v) is 6.52. The molecule has 0 radical (unpaired) electrons. The second-order valence-electron chi connectivity index (χ2n) is 4.84. The van der Waals surface area contributed by atoms with Gasteiger partial charge in [0.1, 0.15) is 4.90 Å². The topological polar surface area (TPSA) is 84.0 Å². The lowest BCUT2D eigenvalue weighted by atomic mass is 10.4. The molecule has 0 atom stereocenters. The standard InChI is InChI=1S/C11H18N4O2S/c1-3-6-12-10-13-7-9(8-14-10)18(16,17)15-11(2)4-5-11/h7-8,15H,3-6H2,1-2H3,(H,12,13,14). The van der Waals surface area contributed by atoms with Crippen LogP contribution in [0.5, 0.6) is 0 Å². The van der Waals surface area contributed by atoms with Crippen LogP contribution in [0.1, 0.15) is 33.1 Å². The highest BCUT2D eigenvalue weighted by molar-refractivity contribution is 7.89. The zero-order chi connectivity index (χ0) is 13.2. The molecule has 0 aromatic carbocycles. The summed E-state index contributed by atoms with van der Waals surface area (Å²) < 4.78 is 26.7. The van der Waals surface area contributed by atoms with Crippen LogP contribution in [-0.4, -0.2) is 30.5 Å². The van der Waals surface area contributed by atoms with Gasteiger partial charge in [-0.05, 0) is 26.2 Å². The molecule has 1 aromatic rings. The first-order valence-electron chi connectivity index (χ1n) is 6.05. The summed E-state index contributed by atoms with van der Waals surface area (Å²) in [5.41, 5.74) is -0.280. The van der Waals surface area contributed by atoms with Crippen molar-refractivity contribution in [3.05, 3.63) is 12.4 Å². The lowest BCUT2D eigenvalue weighted by molar-refractivity contribution is 0.557. The molecule has 0 unspecified atom stereocenters. The number of hydrogen-bond acceptors (Lipinski definition) is 5. The molecule has 0 saturated heterocycles. The fourth-order valence-corrected chi connectivity index (χ4v) is 2.81. The Hall–Kier alpha value is -1.21. The van der Waals surface area contributed by atoms with Gasteiger partial charge in [0.2, 0.25) is 16.0 Å². The van der Waals surface area contributed by atoms with Crippen LogP contribution in [-0.2, 0) is 10.0 Å². The van der Waals surface area contributed by atoms with Crippen molar-refractivity contribution < 1.29 is 8.42 Å². The van der Waals surface area contributed by atoms with Gasteiger partial charge in [-0.2, -0.15) is 0 Å². The van der Waals surface area contributed by atoms with E-state index in [0.29, 0.717) is 5.95 Å². The summed E-state index contributed by atoms with van der Waals surface area (Å²) in [5, 5.41) is 3.00. The van der Waals surface area contributed by atoms with Gasteiger partial charge >= 0.3 is 0 Å². The Morgan fingerprint density at radius 3 is 2.44 bits per heavy atom. The molecule has 7 heteroatoms. The van der Waals surface area contributed by atoms with Crippen molar-refractivity contribution in [1.29, 1.82) is 0 Å². The van der Waals surface area contributed by atoms with E-state index in [0.717, 1.165) is 25.8 Å². The van der Waals surface area contributed by atoms with E-state index in [2.05, 4.69) is 20.0 Å². The third-order valence-corrected chi connectivity index (χ3v) is 4.45. The van der Waals surface area contributed by atoms with Gasteiger partial charge in [0, 0.05) is 12.1 Å². The van der Waals surface area contributed by atoms with E-state index in [-0.39, 0.29) is 10.4 Å². The van der Waals surface area contributed by atoms with Gasteiger partial charge in [-0.3, -0.25) is 0 Å². The molecule has 1 heterocycles. The number of anilines is 1. The van der Waals surface area contributed by atoms with Crippen molar-refractivity contribution in [3.63, 3.8) is 0 Å². The van der Waals surface area contributed by atoms with Crippen molar-refractivity contribution in [2.24, 2.45) is 0 Å². The number of rotatable bonds is 6. The quantitative estimate of drug-likeness (QED) is 0.809. The van der Waals surface area contributed by atoms with E-state index in [1.54, 1.807) is 0 Å². The van der Waals surface area contributed by atoms with Crippen LogP contribution in [0, 0.1) is 0 Å². The predicted molar refractivity (Wildman–Crippen MR) is 68.8 cm³/mol. The predicted octanol–water partition coefficient (Wildman–Crippen LogP) is 1.13. The molecule has 0 spiro atoms. The summed E-state index contributed by atoms with van der Waals surface area (Å²) in [4.78, 5) is 8.09. The lowest BCUT2D eigenvalue weighted by Gasteiger charge is -2.11. The van der Waals surface area contributed by atoms with E-state index < -0.39 is 10.0 Å². The third-order valence-electron chi connectivity index (χ3n) is 2.85. The van der Waals surface area contributed by atoms with Gasteiger partial charge in [-0.1, -0.05) is 6.92 Å². The van der Waals surface area contributed by atoms with E-state index >= 15 is 0 Å². The maximum absolute atomic E-state index is 12.0. The monoisotopic (exact) mass is 270 g/mol. The molecule has 1 aliphatic rings. The highest BCUT2D eigenvalue weighted by atomic mass is 32.2. The van der Waals surface area contributed by atoms with Crippen molar-refractivity contribution >= 4 is 16.0 Å². The van der Waals surface area contributed by atoms with Crippen LogP contribution >= 0.6 is 0 Å². The molecule has 1 fully saturated rings. The zero-order valence-corrected chi connectivity index (χ0v) is 11.4. The molecule has 1 aliphatic carbocycles. The zero-order valence-electron chi connectivity index (χ0n) is 10.6. The Morgan fingerprint density at radius 1 is 1.33 bits per heavy atom. The maximum atomic E-state index is 12.0. The third kappa shape index (κ3) is 3.17. The van der Waals surface area contributed by atoms with Crippen LogP contribution in [0.4, 0.5) is 5.95 Å². The Morgan fingerprint density at radius 2 is 1.94 bits per heavy atom. The summed E-state index contributed by atoms with van der Waals surface area (Å²) >= 11 is 0. The number of hydrogen-bond donors (Lipinski definition) is 2. The van der Waals surface area contributed by atoms with E-state index in [4.69, 9.17) is 0 Å².